The summed E-state index contributed by atoms with van der Waals surface area (Å²) >= 11 is 6.12. The van der Waals surface area contributed by atoms with Gasteiger partial charge in [0.1, 0.15) is 17.9 Å². The molecule has 7 nitrogen and oxygen atoms in total. The van der Waals surface area contributed by atoms with Crippen LogP contribution in [0, 0.1) is 11.8 Å². The zero-order valence-corrected chi connectivity index (χ0v) is 13.8. The van der Waals surface area contributed by atoms with Crippen LogP contribution in [0.15, 0.2) is 38.0 Å². The second kappa shape index (κ2) is 6.14. The van der Waals surface area contributed by atoms with Gasteiger partial charge in [0, 0.05) is 42.3 Å². The summed E-state index contributed by atoms with van der Waals surface area (Å²) in [6, 6.07) is 0. The maximum Gasteiger partial charge on any atom is 0.315 e. The number of carboxylic acid groups (broad SMARTS) is 1. The van der Waals surface area contributed by atoms with E-state index in [0.29, 0.717) is 17.3 Å². The summed E-state index contributed by atoms with van der Waals surface area (Å²) in [5, 5.41) is 13.3. The van der Waals surface area contributed by atoms with E-state index in [1.54, 1.807) is 6.20 Å². The summed E-state index contributed by atoms with van der Waals surface area (Å²) in [6.07, 6.45) is 7.44. The van der Waals surface area contributed by atoms with E-state index in [9.17, 15) is 9.90 Å². The van der Waals surface area contributed by atoms with E-state index in [1.807, 2.05) is 6.20 Å². The third-order valence-electron chi connectivity index (χ3n) is 4.82. The summed E-state index contributed by atoms with van der Waals surface area (Å²) in [5.74, 6) is -0.157. The fraction of sp³-hybridized carbons (Fsp3) is 0.500. The number of carbonyl (C=O) groups is 1. The van der Waals surface area contributed by atoms with Crippen molar-refractivity contribution >= 4 is 35.5 Å². The molecule has 8 heteroatoms. The van der Waals surface area contributed by atoms with Crippen LogP contribution in [-0.4, -0.2) is 53.1 Å². The second-order valence-corrected chi connectivity index (χ2v) is 6.83. The van der Waals surface area contributed by atoms with E-state index in [1.165, 1.54) is 6.21 Å². The van der Waals surface area contributed by atoms with Crippen LogP contribution >= 0.6 is 11.6 Å². The van der Waals surface area contributed by atoms with Gasteiger partial charge in [-0.1, -0.05) is 11.6 Å². The molecule has 4 aliphatic heterocycles. The third kappa shape index (κ3) is 2.67. The highest BCUT2D eigenvalue weighted by Crippen LogP contribution is 2.32. The highest BCUT2D eigenvalue weighted by atomic mass is 35.5. The molecule has 3 unspecified atom stereocenters. The first kappa shape index (κ1) is 15.5. The van der Waals surface area contributed by atoms with Crippen LogP contribution in [0.3, 0.4) is 0 Å². The van der Waals surface area contributed by atoms with Gasteiger partial charge in [-0.05, 0) is 19.3 Å². The molecule has 1 fully saturated rings. The van der Waals surface area contributed by atoms with Crippen molar-refractivity contribution in [2.24, 2.45) is 26.8 Å². The molecule has 0 spiro atoms. The van der Waals surface area contributed by atoms with Gasteiger partial charge in [-0.3, -0.25) is 9.69 Å². The van der Waals surface area contributed by atoms with Gasteiger partial charge in [0.15, 0.2) is 5.84 Å². The number of amidine groups is 2. The molecule has 0 aromatic heterocycles. The maximum absolute atomic E-state index is 11.6. The molecule has 126 valence electrons. The van der Waals surface area contributed by atoms with Crippen LogP contribution in [0.25, 0.3) is 0 Å². The van der Waals surface area contributed by atoms with Gasteiger partial charge >= 0.3 is 5.97 Å². The van der Waals surface area contributed by atoms with Crippen molar-refractivity contribution in [1.29, 1.82) is 0 Å². The number of aliphatic carboxylic acids is 1. The summed E-state index contributed by atoms with van der Waals surface area (Å²) < 4.78 is 0. The average molecular weight is 348 g/mol. The average Bonchev–Trinajstić information content (AvgIpc) is 3.23. The van der Waals surface area contributed by atoms with Gasteiger partial charge in [0.25, 0.3) is 0 Å². The molecule has 0 aliphatic carbocycles. The lowest BCUT2D eigenvalue weighted by Crippen LogP contribution is -2.44. The van der Waals surface area contributed by atoms with Gasteiger partial charge in [-0.15, -0.1) is 0 Å². The number of likely N-dealkylation sites (tertiary alicyclic amines) is 1. The minimum atomic E-state index is -0.886. The topological polar surface area (TPSA) is 89.6 Å². The lowest BCUT2D eigenvalue weighted by atomic mass is 9.94. The Balaban J connectivity index is 1.62. The van der Waals surface area contributed by atoms with E-state index in [4.69, 9.17) is 16.6 Å². The summed E-state index contributed by atoms with van der Waals surface area (Å²) in [6.45, 7) is 1.75. The number of carboxylic acids is 1. The molecule has 0 aromatic rings. The Morgan fingerprint density at radius 1 is 1.38 bits per heavy atom. The normalized spacial score (nSPS) is 32.5. The molecular weight excluding hydrogens is 330 g/mol. The molecule has 24 heavy (non-hydrogen) atoms. The summed E-state index contributed by atoms with van der Waals surface area (Å²) in [4.78, 5) is 27.0. The van der Waals surface area contributed by atoms with Crippen molar-refractivity contribution in [1.82, 2.24) is 10.2 Å². The fourth-order valence-electron chi connectivity index (χ4n) is 3.56. The Labute approximate surface area is 144 Å². The van der Waals surface area contributed by atoms with Crippen molar-refractivity contribution in [3.8, 4) is 0 Å². The van der Waals surface area contributed by atoms with Crippen molar-refractivity contribution < 1.29 is 9.90 Å². The molecule has 4 aliphatic rings. The molecule has 0 aromatic carbocycles. The molecule has 0 radical (unpaired) electrons. The number of hydrogen-bond acceptors (Lipinski definition) is 6. The smallest absolute Gasteiger partial charge is 0.315 e. The number of aliphatic imine (C=N–C) groups is 3. The molecule has 0 bridgehead atoms. The standard InChI is InChI=1S/C16H18ClN5O2/c17-9-5-10-11(7-19-13(10)18-6-9)14-20-8-12(16(23)24)15(21-14)22-3-1-2-4-22/h6-8,10,12,15H,1-5H2,(H,18,19)(H,23,24). The number of nitrogens with one attached hydrogen (secondary N) is 1. The van der Waals surface area contributed by atoms with Crippen molar-refractivity contribution in [2.75, 3.05) is 13.1 Å². The SMILES string of the molecule is O=C(O)C1C=NC(C2=CNC3=NC=C(Cl)CC23)=NC1N1CCCC1. The minimum absolute atomic E-state index is 0.0130. The van der Waals surface area contributed by atoms with Gasteiger partial charge < -0.3 is 10.4 Å². The number of nitrogens with zero attached hydrogens (tertiary/aromatic N) is 4. The van der Waals surface area contributed by atoms with Crippen LogP contribution in [-0.2, 0) is 4.79 Å². The number of hydrogen-bond donors (Lipinski definition) is 2. The Bertz CT molecular complexity index is 718. The molecule has 3 atom stereocenters. The first-order chi connectivity index (χ1) is 11.6. The molecule has 4 rings (SSSR count). The van der Waals surface area contributed by atoms with Gasteiger partial charge in [-0.2, -0.15) is 0 Å². The lowest BCUT2D eigenvalue weighted by Gasteiger charge is -2.30. The van der Waals surface area contributed by atoms with Crippen LogP contribution in [0.1, 0.15) is 19.3 Å². The monoisotopic (exact) mass is 347 g/mol. The fourth-order valence-corrected chi connectivity index (χ4v) is 3.77. The summed E-state index contributed by atoms with van der Waals surface area (Å²) in [7, 11) is 0. The molecule has 4 heterocycles. The van der Waals surface area contributed by atoms with Gasteiger partial charge in [0.2, 0.25) is 0 Å². The molecular formula is C16H18ClN5O2. The molecule has 2 N–H and O–H groups in total. The number of allylic oxidation sites excluding steroid dienone is 1. The Hall–Kier alpha value is -1.99. The van der Waals surface area contributed by atoms with Gasteiger partial charge in [-0.25, -0.2) is 15.0 Å². The predicted octanol–water partition coefficient (Wildman–Crippen LogP) is 1.58. The van der Waals surface area contributed by atoms with E-state index >= 15 is 0 Å². The first-order valence-corrected chi connectivity index (χ1v) is 8.49. The van der Waals surface area contributed by atoms with Gasteiger partial charge in [0.05, 0.1) is 5.92 Å². The predicted molar refractivity (Wildman–Crippen MR) is 92.3 cm³/mol. The quantitative estimate of drug-likeness (QED) is 0.811. The highest BCUT2D eigenvalue weighted by molar-refractivity contribution is 6.30. The van der Waals surface area contributed by atoms with Crippen molar-refractivity contribution in [3.05, 3.63) is 23.0 Å². The van der Waals surface area contributed by atoms with Crippen LogP contribution < -0.4 is 5.32 Å². The maximum atomic E-state index is 11.6. The Morgan fingerprint density at radius 3 is 2.92 bits per heavy atom. The molecule has 0 saturated carbocycles. The molecule has 0 amide bonds. The van der Waals surface area contributed by atoms with E-state index in [-0.39, 0.29) is 5.92 Å². The van der Waals surface area contributed by atoms with Crippen molar-refractivity contribution in [3.63, 3.8) is 0 Å². The van der Waals surface area contributed by atoms with Crippen LogP contribution in [0.2, 0.25) is 0 Å². The van der Waals surface area contributed by atoms with Crippen LogP contribution in [0.4, 0.5) is 0 Å². The Kier molecular flexibility index (Phi) is 3.97. The zero-order valence-electron chi connectivity index (χ0n) is 13.0. The third-order valence-corrected chi connectivity index (χ3v) is 5.07. The molecule has 1 saturated heterocycles. The largest absolute Gasteiger partial charge is 0.481 e. The second-order valence-electron chi connectivity index (χ2n) is 6.34. The van der Waals surface area contributed by atoms with E-state index in [2.05, 4.69) is 20.2 Å². The van der Waals surface area contributed by atoms with E-state index in [0.717, 1.165) is 37.3 Å². The number of rotatable bonds is 3. The Morgan fingerprint density at radius 2 is 2.17 bits per heavy atom. The lowest BCUT2D eigenvalue weighted by molar-refractivity contribution is -0.141. The highest BCUT2D eigenvalue weighted by Gasteiger charge is 2.38. The zero-order chi connectivity index (χ0) is 16.7. The number of fused-ring (bicyclic) bond motifs is 1. The van der Waals surface area contributed by atoms with E-state index < -0.39 is 18.1 Å². The minimum Gasteiger partial charge on any atom is -0.481 e. The first-order valence-electron chi connectivity index (χ1n) is 8.11. The number of halogens is 1. The van der Waals surface area contributed by atoms with Crippen molar-refractivity contribution in [2.45, 2.75) is 25.4 Å². The van der Waals surface area contributed by atoms with Crippen LogP contribution in [0.5, 0.6) is 0 Å². The summed E-state index contributed by atoms with van der Waals surface area (Å²) in [5.41, 5.74) is 0.921.